The molecule has 0 radical (unpaired) electrons. The molecule has 1 fully saturated rings. The molecule has 5 nitrogen and oxygen atoms in total. The lowest BCUT2D eigenvalue weighted by Crippen LogP contribution is -3.18. The van der Waals surface area contributed by atoms with Crippen molar-refractivity contribution < 1.29 is 19.2 Å². The van der Waals surface area contributed by atoms with Crippen molar-refractivity contribution in [3.63, 3.8) is 0 Å². The smallest absolute Gasteiger partial charge is 0.278 e. The van der Waals surface area contributed by atoms with Gasteiger partial charge in [0.25, 0.3) is 5.91 Å². The number of piperidine rings is 1. The van der Waals surface area contributed by atoms with Crippen molar-refractivity contribution in [2.75, 3.05) is 27.3 Å². The van der Waals surface area contributed by atoms with Crippen molar-refractivity contribution in [3.05, 3.63) is 23.8 Å². The van der Waals surface area contributed by atoms with Gasteiger partial charge in [-0.05, 0) is 37.5 Å². The Hall–Kier alpha value is -1.75. The Bertz CT molecular complexity index is 533. The number of quaternary nitrogens is 1. The number of methoxy groups -OCH3 is 2. The molecule has 2 N–H and O–H groups in total. The number of nitrogens with one attached hydrogen (secondary N) is 2. The topological polar surface area (TPSA) is 52.0 Å². The van der Waals surface area contributed by atoms with E-state index in [0.717, 1.165) is 18.7 Å². The van der Waals surface area contributed by atoms with Gasteiger partial charge in [0.15, 0.2) is 17.5 Å². The molecule has 1 aromatic rings. The zero-order valence-corrected chi connectivity index (χ0v) is 14.6. The van der Waals surface area contributed by atoms with E-state index in [1.807, 2.05) is 25.1 Å². The molecule has 23 heavy (non-hydrogen) atoms. The first kappa shape index (κ1) is 17.6. The molecule has 1 aliphatic heterocycles. The van der Waals surface area contributed by atoms with Crippen molar-refractivity contribution in [2.45, 2.75) is 39.3 Å². The fraction of sp³-hybridized carbons (Fsp3) is 0.611. The predicted molar refractivity (Wildman–Crippen MR) is 89.9 cm³/mol. The average molecular weight is 321 g/mol. The van der Waals surface area contributed by atoms with Crippen LogP contribution in [0.4, 0.5) is 0 Å². The van der Waals surface area contributed by atoms with Crippen molar-refractivity contribution in [1.82, 2.24) is 5.32 Å². The summed E-state index contributed by atoms with van der Waals surface area (Å²) >= 11 is 0. The second-order valence-electron chi connectivity index (χ2n) is 6.49. The Labute approximate surface area is 139 Å². The summed E-state index contributed by atoms with van der Waals surface area (Å²) in [5.41, 5.74) is 1.00. The van der Waals surface area contributed by atoms with E-state index in [4.69, 9.17) is 9.47 Å². The highest BCUT2D eigenvalue weighted by Crippen LogP contribution is 2.27. The first-order chi connectivity index (χ1) is 11.0. The van der Waals surface area contributed by atoms with Crippen molar-refractivity contribution in [1.29, 1.82) is 0 Å². The van der Waals surface area contributed by atoms with Gasteiger partial charge in [-0.1, -0.05) is 13.0 Å². The number of carbonyl (C=O) groups excluding carboxylic acids is 1. The van der Waals surface area contributed by atoms with Gasteiger partial charge in [-0.3, -0.25) is 4.79 Å². The maximum atomic E-state index is 12.4. The van der Waals surface area contributed by atoms with Crippen LogP contribution in [0.2, 0.25) is 0 Å². The molecule has 0 aromatic heterocycles. The lowest BCUT2D eigenvalue weighted by Gasteiger charge is -2.31. The molecular formula is C18H29N2O3+. The maximum absolute atomic E-state index is 12.4. The van der Waals surface area contributed by atoms with Gasteiger partial charge in [-0.2, -0.15) is 0 Å². The molecule has 0 saturated carbocycles. The third kappa shape index (κ3) is 4.61. The highest BCUT2D eigenvalue weighted by Gasteiger charge is 2.29. The van der Waals surface area contributed by atoms with Crippen LogP contribution in [0.3, 0.4) is 0 Å². The molecule has 0 bridgehead atoms. The minimum absolute atomic E-state index is 0.00195. The number of hydrogen-bond acceptors (Lipinski definition) is 3. The molecule has 1 unspecified atom stereocenters. The van der Waals surface area contributed by atoms with Crippen molar-refractivity contribution in [2.24, 2.45) is 5.92 Å². The third-order valence-electron chi connectivity index (χ3n) is 4.73. The Balaban J connectivity index is 1.90. The molecule has 2 rings (SSSR count). The summed E-state index contributed by atoms with van der Waals surface area (Å²) in [4.78, 5) is 13.8. The molecule has 0 spiro atoms. The molecule has 1 saturated heterocycles. The number of rotatable bonds is 6. The third-order valence-corrected chi connectivity index (χ3v) is 4.73. The molecule has 1 aromatic carbocycles. The molecule has 1 amide bonds. The molecule has 0 aliphatic carbocycles. The van der Waals surface area contributed by atoms with E-state index < -0.39 is 0 Å². The van der Waals surface area contributed by atoms with E-state index in [-0.39, 0.29) is 11.9 Å². The maximum Gasteiger partial charge on any atom is 0.278 e. The Morgan fingerprint density at radius 3 is 2.74 bits per heavy atom. The summed E-state index contributed by atoms with van der Waals surface area (Å²) in [5, 5.41) is 3.04. The van der Waals surface area contributed by atoms with Gasteiger partial charge >= 0.3 is 0 Å². The summed E-state index contributed by atoms with van der Waals surface area (Å²) < 4.78 is 10.5. The van der Waals surface area contributed by atoms with E-state index in [9.17, 15) is 4.79 Å². The average Bonchev–Trinajstić information content (AvgIpc) is 2.58. The van der Waals surface area contributed by atoms with Crippen LogP contribution >= 0.6 is 0 Å². The number of carbonyl (C=O) groups is 1. The van der Waals surface area contributed by atoms with Crippen LogP contribution in [0.25, 0.3) is 0 Å². The van der Waals surface area contributed by atoms with Gasteiger partial charge in [-0.25, -0.2) is 0 Å². The summed E-state index contributed by atoms with van der Waals surface area (Å²) in [6, 6.07) is 5.71. The van der Waals surface area contributed by atoms with Crippen molar-refractivity contribution in [3.8, 4) is 11.5 Å². The zero-order valence-electron chi connectivity index (χ0n) is 14.6. The van der Waals surface area contributed by atoms with Crippen LogP contribution in [-0.2, 0) is 11.3 Å². The molecule has 128 valence electrons. The minimum atomic E-state index is -0.00195. The van der Waals surface area contributed by atoms with Gasteiger partial charge in [0, 0.05) is 12.5 Å². The van der Waals surface area contributed by atoms with Crippen LogP contribution in [0.15, 0.2) is 18.2 Å². The molecular weight excluding hydrogens is 292 g/mol. The molecule has 3 atom stereocenters. The van der Waals surface area contributed by atoms with Gasteiger partial charge in [0.1, 0.15) is 0 Å². The van der Waals surface area contributed by atoms with Crippen LogP contribution < -0.4 is 19.7 Å². The number of amides is 1. The molecule has 1 aliphatic rings. The quantitative estimate of drug-likeness (QED) is 0.823. The number of hydrogen-bond donors (Lipinski definition) is 2. The van der Waals surface area contributed by atoms with Gasteiger partial charge in [0.05, 0.1) is 27.3 Å². The van der Waals surface area contributed by atoms with E-state index in [1.54, 1.807) is 14.2 Å². The summed E-state index contributed by atoms with van der Waals surface area (Å²) in [6.45, 7) is 6.98. The number of ether oxygens (including phenoxy) is 2. The fourth-order valence-corrected chi connectivity index (χ4v) is 3.24. The van der Waals surface area contributed by atoms with Crippen LogP contribution in [0.1, 0.15) is 32.3 Å². The van der Waals surface area contributed by atoms with Gasteiger partial charge in [-0.15, -0.1) is 0 Å². The summed E-state index contributed by atoms with van der Waals surface area (Å²) in [6.07, 6.45) is 2.49. The number of likely N-dealkylation sites (tertiary alicyclic amines) is 1. The second-order valence-corrected chi connectivity index (χ2v) is 6.49. The first-order valence-electron chi connectivity index (χ1n) is 8.38. The van der Waals surface area contributed by atoms with E-state index in [1.165, 1.54) is 17.7 Å². The Kier molecular flexibility index (Phi) is 6.28. The second kappa shape index (κ2) is 8.20. The normalized spacial score (nSPS) is 22.3. The van der Waals surface area contributed by atoms with E-state index in [0.29, 0.717) is 24.0 Å². The fourth-order valence-electron chi connectivity index (χ4n) is 3.24. The standard InChI is InChI=1S/C18H28N2O3/c1-13-6-5-9-20(12-13)14(2)18(21)19-11-15-7-8-16(22-3)17(10-15)23-4/h7-8,10,13-14H,5-6,9,11-12H2,1-4H3,(H,19,21)/p+1/t13-,14-/m0/s1. The molecule has 5 heteroatoms. The molecule has 1 heterocycles. The monoisotopic (exact) mass is 321 g/mol. The van der Waals surface area contributed by atoms with Gasteiger partial charge in [0.2, 0.25) is 0 Å². The van der Waals surface area contributed by atoms with Crippen LogP contribution in [-0.4, -0.2) is 39.3 Å². The minimum Gasteiger partial charge on any atom is -0.493 e. The highest BCUT2D eigenvalue weighted by atomic mass is 16.5. The van der Waals surface area contributed by atoms with E-state index in [2.05, 4.69) is 12.2 Å². The summed E-state index contributed by atoms with van der Waals surface area (Å²) in [7, 11) is 3.23. The highest BCUT2D eigenvalue weighted by molar-refractivity contribution is 5.79. The van der Waals surface area contributed by atoms with Crippen molar-refractivity contribution >= 4 is 5.91 Å². The first-order valence-corrected chi connectivity index (χ1v) is 8.38. The van der Waals surface area contributed by atoms with Gasteiger partial charge < -0.3 is 19.7 Å². The predicted octanol–water partition coefficient (Wildman–Crippen LogP) is 1.02. The lowest BCUT2D eigenvalue weighted by atomic mass is 9.99. The van der Waals surface area contributed by atoms with Crippen LogP contribution in [0, 0.1) is 5.92 Å². The largest absolute Gasteiger partial charge is 0.493 e. The Morgan fingerprint density at radius 2 is 2.09 bits per heavy atom. The Morgan fingerprint density at radius 1 is 1.35 bits per heavy atom. The summed E-state index contributed by atoms with van der Waals surface area (Å²) in [5.74, 6) is 2.20. The zero-order chi connectivity index (χ0) is 16.8. The number of benzene rings is 1. The SMILES string of the molecule is COc1ccc(CNC(=O)[C@H](C)[NH+]2CCC[C@H](C)C2)cc1OC. The van der Waals surface area contributed by atoms with Crippen LogP contribution in [0.5, 0.6) is 11.5 Å². The lowest BCUT2D eigenvalue weighted by molar-refractivity contribution is -0.922. The van der Waals surface area contributed by atoms with E-state index >= 15 is 0 Å².